The van der Waals surface area contributed by atoms with Gasteiger partial charge >= 0.3 is 0 Å². The first-order valence-corrected chi connectivity index (χ1v) is 4.63. The van der Waals surface area contributed by atoms with Crippen LogP contribution in [0.5, 0.6) is 5.75 Å². The highest BCUT2D eigenvalue weighted by Gasteiger charge is 2.08. The van der Waals surface area contributed by atoms with Gasteiger partial charge in [-0.1, -0.05) is 12.1 Å². The van der Waals surface area contributed by atoms with Gasteiger partial charge < -0.3 is 10.5 Å². The molecule has 0 saturated carbocycles. The molecule has 0 amide bonds. The van der Waals surface area contributed by atoms with Crippen molar-refractivity contribution in [1.82, 2.24) is 0 Å². The SMILES string of the molecule is C=C[C@@H](N)c1cc(C)c(OC)cc1C. The number of hydrogen-bond donors (Lipinski definition) is 1. The highest BCUT2D eigenvalue weighted by atomic mass is 16.5. The Morgan fingerprint density at radius 2 is 2.00 bits per heavy atom. The van der Waals surface area contributed by atoms with Gasteiger partial charge in [0.2, 0.25) is 0 Å². The van der Waals surface area contributed by atoms with Gasteiger partial charge in [0.15, 0.2) is 0 Å². The minimum absolute atomic E-state index is 0.0976. The van der Waals surface area contributed by atoms with Gasteiger partial charge in [-0.2, -0.15) is 0 Å². The zero-order valence-corrected chi connectivity index (χ0v) is 9.00. The Morgan fingerprint density at radius 3 is 2.50 bits per heavy atom. The van der Waals surface area contributed by atoms with E-state index in [0.717, 1.165) is 22.4 Å². The second kappa shape index (κ2) is 4.29. The maximum Gasteiger partial charge on any atom is 0.122 e. The molecule has 0 aliphatic carbocycles. The third-order valence-electron chi connectivity index (χ3n) is 2.40. The molecule has 1 rings (SSSR count). The van der Waals surface area contributed by atoms with Gasteiger partial charge in [0.05, 0.1) is 7.11 Å². The molecule has 0 bridgehead atoms. The van der Waals surface area contributed by atoms with Gasteiger partial charge in [-0.05, 0) is 36.6 Å². The molecule has 0 fully saturated rings. The van der Waals surface area contributed by atoms with Gasteiger partial charge in [-0.25, -0.2) is 0 Å². The van der Waals surface area contributed by atoms with Crippen molar-refractivity contribution in [2.45, 2.75) is 19.9 Å². The molecule has 2 nitrogen and oxygen atoms in total. The quantitative estimate of drug-likeness (QED) is 0.745. The number of methoxy groups -OCH3 is 1. The Bertz CT molecular complexity index is 344. The number of hydrogen-bond acceptors (Lipinski definition) is 2. The number of ether oxygens (including phenoxy) is 1. The Morgan fingerprint density at radius 1 is 1.36 bits per heavy atom. The predicted octanol–water partition coefficient (Wildman–Crippen LogP) is 2.50. The first-order valence-electron chi connectivity index (χ1n) is 4.63. The number of benzene rings is 1. The van der Waals surface area contributed by atoms with Crippen molar-refractivity contribution in [2.24, 2.45) is 5.73 Å². The van der Waals surface area contributed by atoms with E-state index in [9.17, 15) is 0 Å². The molecule has 0 radical (unpaired) electrons. The largest absolute Gasteiger partial charge is 0.496 e. The topological polar surface area (TPSA) is 35.2 Å². The molecule has 0 spiro atoms. The molecular weight excluding hydrogens is 174 g/mol. The van der Waals surface area contributed by atoms with E-state index >= 15 is 0 Å². The normalized spacial score (nSPS) is 12.3. The van der Waals surface area contributed by atoms with Crippen LogP contribution < -0.4 is 10.5 Å². The fourth-order valence-corrected chi connectivity index (χ4v) is 1.52. The van der Waals surface area contributed by atoms with Crippen molar-refractivity contribution in [3.8, 4) is 5.75 Å². The average Bonchev–Trinajstić information content (AvgIpc) is 2.19. The summed E-state index contributed by atoms with van der Waals surface area (Å²) >= 11 is 0. The van der Waals surface area contributed by atoms with Crippen molar-refractivity contribution in [3.63, 3.8) is 0 Å². The van der Waals surface area contributed by atoms with E-state index in [-0.39, 0.29) is 6.04 Å². The molecule has 76 valence electrons. The molecule has 0 aromatic heterocycles. The average molecular weight is 191 g/mol. The lowest BCUT2D eigenvalue weighted by molar-refractivity contribution is 0.411. The molecule has 0 unspecified atom stereocenters. The van der Waals surface area contributed by atoms with Crippen molar-refractivity contribution >= 4 is 0 Å². The van der Waals surface area contributed by atoms with Crippen LogP contribution in [0.3, 0.4) is 0 Å². The van der Waals surface area contributed by atoms with Crippen LogP contribution in [0.2, 0.25) is 0 Å². The van der Waals surface area contributed by atoms with Crippen LogP contribution in [-0.2, 0) is 0 Å². The highest BCUT2D eigenvalue weighted by Crippen LogP contribution is 2.25. The monoisotopic (exact) mass is 191 g/mol. The lowest BCUT2D eigenvalue weighted by Gasteiger charge is -2.14. The maximum atomic E-state index is 5.90. The van der Waals surface area contributed by atoms with Gasteiger partial charge in [-0.3, -0.25) is 0 Å². The fraction of sp³-hybridized carbons (Fsp3) is 0.333. The van der Waals surface area contributed by atoms with Crippen LogP contribution in [-0.4, -0.2) is 7.11 Å². The molecule has 0 aliphatic rings. The van der Waals surface area contributed by atoms with E-state index in [1.165, 1.54) is 0 Å². The first kappa shape index (κ1) is 10.8. The molecular formula is C12H17NO. The molecule has 0 aliphatic heterocycles. The van der Waals surface area contributed by atoms with Crippen LogP contribution >= 0.6 is 0 Å². The van der Waals surface area contributed by atoms with Gasteiger partial charge in [0.1, 0.15) is 5.75 Å². The second-order valence-corrected chi connectivity index (χ2v) is 3.44. The Hall–Kier alpha value is -1.28. The van der Waals surface area contributed by atoms with E-state index in [2.05, 4.69) is 12.6 Å². The van der Waals surface area contributed by atoms with Crippen molar-refractivity contribution in [2.75, 3.05) is 7.11 Å². The standard InChI is InChI=1S/C12H17NO/c1-5-11(13)10-6-9(3)12(14-4)7-8(10)2/h5-7,11H,1,13H2,2-4H3/t11-/m1/s1. The zero-order valence-electron chi connectivity index (χ0n) is 9.00. The van der Waals surface area contributed by atoms with E-state index in [1.54, 1.807) is 13.2 Å². The molecule has 2 N–H and O–H groups in total. The van der Waals surface area contributed by atoms with Crippen LogP contribution in [0.1, 0.15) is 22.7 Å². The second-order valence-electron chi connectivity index (χ2n) is 3.44. The summed E-state index contributed by atoms with van der Waals surface area (Å²) in [4.78, 5) is 0. The van der Waals surface area contributed by atoms with Crippen molar-refractivity contribution in [1.29, 1.82) is 0 Å². The van der Waals surface area contributed by atoms with Gasteiger partial charge in [0.25, 0.3) is 0 Å². The molecule has 1 aromatic rings. The van der Waals surface area contributed by atoms with Crippen LogP contribution in [0.25, 0.3) is 0 Å². The Labute approximate surface area is 85.4 Å². The van der Waals surface area contributed by atoms with Crippen LogP contribution in [0.15, 0.2) is 24.8 Å². The fourth-order valence-electron chi connectivity index (χ4n) is 1.52. The molecule has 1 aromatic carbocycles. The lowest BCUT2D eigenvalue weighted by Crippen LogP contribution is -2.09. The Balaban J connectivity index is 3.21. The third-order valence-corrected chi connectivity index (χ3v) is 2.40. The molecule has 0 heterocycles. The summed E-state index contributed by atoms with van der Waals surface area (Å²) in [6.07, 6.45) is 1.74. The van der Waals surface area contributed by atoms with Crippen molar-refractivity contribution in [3.05, 3.63) is 41.5 Å². The summed E-state index contributed by atoms with van der Waals surface area (Å²) in [5.74, 6) is 0.905. The minimum atomic E-state index is -0.0976. The minimum Gasteiger partial charge on any atom is -0.496 e. The smallest absolute Gasteiger partial charge is 0.122 e. The molecule has 1 atom stereocenters. The van der Waals surface area contributed by atoms with Crippen LogP contribution in [0.4, 0.5) is 0 Å². The van der Waals surface area contributed by atoms with Gasteiger partial charge in [-0.15, -0.1) is 6.58 Å². The summed E-state index contributed by atoms with van der Waals surface area (Å²) in [5.41, 5.74) is 9.25. The molecule has 14 heavy (non-hydrogen) atoms. The maximum absolute atomic E-state index is 5.90. The number of nitrogens with two attached hydrogens (primary N) is 1. The third kappa shape index (κ3) is 1.96. The van der Waals surface area contributed by atoms with Crippen molar-refractivity contribution < 1.29 is 4.74 Å². The number of aryl methyl sites for hydroxylation is 2. The van der Waals surface area contributed by atoms with E-state index < -0.39 is 0 Å². The summed E-state index contributed by atoms with van der Waals surface area (Å²) < 4.78 is 5.23. The highest BCUT2D eigenvalue weighted by molar-refractivity contribution is 5.43. The molecule has 2 heteroatoms. The first-order chi connectivity index (χ1) is 6.60. The summed E-state index contributed by atoms with van der Waals surface area (Å²) in [5, 5.41) is 0. The summed E-state index contributed by atoms with van der Waals surface area (Å²) in [6.45, 7) is 7.73. The predicted molar refractivity (Wildman–Crippen MR) is 59.6 cm³/mol. The summed E-state index contributed by atoms with van der Waals surface area (Å²) in [7, 11) is 1.68. The summed E-state index contributed by atoms with van der Waals surface area (Å²) in [6, 6.07) is 3.97. The van der Waals surface area contributed by atoms with Crippen LogP contribution in [0, 0.1) is 13.8 Å². The van der Waals surface area contributed by atoms with Gasteiger partial charge in [0, 0.05) is 6.04 Å². The van der Waals surface area contributed by atoms with E-state index in [0.29, 0.717) is 0 Å². The molecule has 0 saturated heterocycles. The lowest BCUT2D eigenvalue weighted by atomic mass is 9.99. The zero-order chi connectivity index (χ0) is 10.7. The van der Waals surface area contributed by atoms with E-state index in [4.69, 9.17) is 10.5 Å². The number of rotatable bonds is 3. The van der Waals surface area contributed by atoms with E-state index in [1.807, 2.05) is 19.9 Å². The Kier molecular flexibility index (Phi) is 3.31.